The van der Waals surface area contributed by atoms with Gasteiger partial charge >= 0.3 is 0 Å². The maximum atomic E-state index is 12.6. The van der Waals surface area contributed by atoms with E-state index in [9.17, 15) is 4.79 Å². The summed E-state index contributed by atoms with van der Waals surface area (Å²) in [5.74, 6) is 0.903. The summed E-state index contributed by atoms with van der Waals surface area (Å²) in [7, 11) is 1.54. The number of benzene rings is 1. The van der Waals surface area contributed by atoms with Crippen molar-refractivity contribution < 1.29 is 19.4 Å². The van der Waals surface area contributed by atoms with E-state index >= 15 is 0 Å². The van der Waals surface area contributed by atoms with Crippen molar-refractivity contribution in [3.05, 3.63) is 41.9 Å². The first kappa shape index (κ1) is 18.1. The van der Waals surface area contributed by atoms with Gasteiger partial charge in [0.05, 0.1) is 26.0 Å². The molecule has 26 heavy (non-hydrogen) atoms. The van der Waals surface area contributed by atoms with E-state index in [2.05, 4.69) is 20.2 Å². The van der Waals surface area contributed by atoms with E-state index in [0.29, 0.717) is 36.9 Å². The molecule has 2 heterocycles. The van der Waals surface area contributed by atoms with Gasteiger partial charge in [-0.15, -0.1) is 0 Å². The number of carbonyl (C=O) groups is 1. The largest absolute Gasteiger partial charge is 0.495 e. The molecule has 1 amide bonds. The van der Waals surface area contributed by atoms with Crippen LogP contribution in [0.5, 0.6) is 5.75 Å². The van der Waals surface area contributed by atoms with E-state index in [1.807, 2.05) is 6.07 Å². The molecule has 0 saturated carbocycles. The van der Waals surface area contributed by atoms with E-state index < -0.39 is 0 Å². The molecule has 1 fully saturated rings. The first-order valence-corrected chi connectivity index (χ1v) is 8.45. The Morgan fingerprint density at radius 2 is 2.12 bits per heavy atom. The Kier molecular flexibility index (Phi) is 5.98. The summed E-state index contributed by atoms with van der Waals surface area (Å²) in [6.45, 7) is 2.81. The molecule has 0 atom stereocenters. The van der Waals surface area contributed by atoms with Gasteiger partial charge in [-0.2, -0.15) is 0 Å². The number of hydrogen-bond donors (Lipinski definition) is 2. The fraction of sp³-hybridized carbons (Fsp3) is 0.389. The van der Waals surface area contributed by atoms with Crippen molar-refractivity contribution >= 4 is 17.4 Å². The first-order chi connectivity index (χ1) is 12.7. The zero-order valence-corrected chi connectivity index (χ0v) is 14.6. The Balaban J connectivity index is 1.75. The summed E-state index contributed by atoms with van der Waals surface area (Å²) in [5.41, 5.74) is 1.76. The fourth-order valence-electron chi connectivity index (χ4n) is 2.75. The molecule has 1 saturated heterocycles. The molecular weight excluding hydrogens is 336 g/mol. The molecular formula is C18H22N4O4. The first-order valence-electron chi connectivity index (χ1n) is 8.45. The van der Waals surface area contributed by atoms with Gasteiger partial charge in [-0.1, -0.05) is 6.07 Å². The van der Waals surface area contributed by atoms with Gasteiger partial charge in [-0.05, 0) is 24.1 Å². The summed E-state index contributed by atoms with van der Waals surface area (Å²) in [4.78, 5) is 23.0. The molecule has 1 aromatic carbocycles. The standard InChI is InChI=1S/C18H22N4O4/c1-25-16-10-13(4-7-23)2-3-14(16)21-18(24)15-11-17(20-12-19-15)22-5-8-26-9-6-22/h2-3,10-12,23H,4-9H2,1H3,(H,21,24). The second-order valence-corrected chi connectivity index (χ2v) is 5.82. The number of methoxy groups -OCH3 is 1. The van der Waals surface area contributed by atoms with Crippen LogP contribution < -0.4 is 15.0 Å². The molecule has 2 N–H and O–H groups in total. The van der Waals surface area contributed by atoms with Gasteiger partial charge in [0.2, 0.25) is 0 Å². The van der Waals surface area contributed by atoms with Crippen LogP contribution in [0.4, 0.5) is 11.5 Å². The third-order valence-electron chi connectivity index (χ3n) is 4.13. The van der Waals surface area contributed by atoms with Gasteiger partial charge in [0.1, 0.15) is 23.6 Å². The Hall–Kier alpha value is -2.71. The monoisotopic (exact) mass is 358 g/mol. The molecule has 0 aliphatic carbocycles. The van der Waals surface area contributed by atoms with Crippen LogP contribution in [0.15, 0.2) is 30.6 Å². The van der Waals surface area contributed by atoms with Gasteiger partial charge in [-0.25, -0.2) is 9.97 Å². The Morgan fingerprint density at radius 1 is 1.31 bits per heavy atom. The van der Waals surface area contributed by atoms with Crippen LogP contribution in [0.1, 0.15) is 16.1 Å². The van der Waals surface area contributed by atoms with Gasteiger partial charge in [0, 0.05) is 25.8 Å². The number of aliphatic hydroxyl groups is 1. The number of amides is 1. The normalized spacial score (nSPS) is 14.2. The highest BCUT2D eigenvalue weighted by Gasteiger charge is 2.16. The number of rotatable bonds is 6. The number of anilines is 2. The summed E-state index contributed by atoms with van der Waals surface area (Å²) >= 11 is 0. The van der Waals surface area contributed by atoms with Crippen LogP contribution in [0.25, 0.3) is 0 Å². The molecule has 1 aliphatic heterocycles. The van der Waals surface area contributed by atoms with Crippen molar-refractivity contribution in [1.82, 2.24) is 9.97 Å². The summed E-state index contributed by atoms with van der Waals surface area (Å²) in [6.07, 6.45) is 1.92. The van der Waals surface area contributed by atoms with Crippen LogP contribution in [0.2, 0.25) is 0 Å². The number of carbonyl (C=O) groups excluding carboxylic acids is 1. The number of hydrogen-bond acceptors (Lipinski definition) is 7. The average molecular weight is 358 g/mol. The lowest BCUT2D eigenvalue weighted by molar-refractivity contribution is 0.102. The van der Waals surface area contributed by atoms with E-state index in [1.54, 1.807) is 18.2 Å². The molecule has 0 bridgehead atoms. The molecule has 0 radical (unpaired) electrons. The topological polar surface area (TPSA) is 96.8 Å². The second-order valence-electron chi connectivity index (χ2n) is 5.82. The van der Waals surface area contributed by atoms with Crippen LogP contribution in [-0.2, 0) is 11.2 Å². The van der Waals surface area contributed by atoms with Crippen molar-refractivity contribution in [2.75, 3.05) is 50.2 Å². The zero-order chi connectivity index (χ0) is 18.4. The highest BCUT2D eigenvalue weighted by molar-refractivity contribution is 6.04. The third kappa shape index (κ3) is 4.27. The van der Waals surface area contributed by atoms with E-state index in [1.165, 1.54) is 13.4 Å². The molecule has 0 spiro atoms. The molecule has 1 aliphatic rings. The molecule has 2 aromatic rings. The quantitative estimate of drug-likeness (QED) is 0.798. The molecule has 3 rings (SSSR count). The maximum Gasteiger partial charge on any atom is 0.274 e. The number of aromatic nitrogens is 2. The lowest BCUT2D eigenvalue weighted by Gasteiger charge is -2.27. The highest BCUT2D eigenvalue weighted by atomic mass is 16.5. The SMILES string of the molecule is COc1cc(CCO)ccc1NC(=O)c1cc(N2CCOCC2)ncn1. The number of nitrogens with one attached hydrogen (secondary N) is 1. The van der Waals surface area contributed by atoms with Gasteiger partial charge < -0.3 is 24.8 Å². The molecule has 8 heteroatoms. The van der Waals surface area contributed by atoms with Gasteiger partial charge in [-0.3, -0.25) is 4.79 Å². The van der Waals surface area contributed by atoms with Crippen molar-refractivity contribution in [2.24, 2.45) is 0 Å². The number of ether oxygens (including phenoxy) is 2. The van der Waals surface area contributed by atoms with Gasteiger partial charge in [0.25, 0.3) is 5.91 Å². The highest BCUT2D eigenvalue weighted by Crippen LogP contribution is 2.26. The van der Waals surface area contributed by atoms with E-state index in [4.69, 9.17) is 14.6 Å². The Bertz CT molecular complexity index is 763. The van der Waals surface area contributed by atoms with E-state index in [-0.39, 0.29) is 18.2 Å². The smallest absolute Gasteiger partial charge is 0.274 e. The zero-order valence-electron chi connectivity index (χ0n) is 14.6. The minimum Gasteiger partial charge on any atom is -0.495 e. The lowest BCUT2D eigenvalue weighted by atomic mass is 10.1. The Morgan fingerprint density at radius 3 is 2.85 bits per heavy atom. The van der Waals surface area contributed by atoms with Crippen LogP contribution >= 0.6 is 0 Å². The van der Waals surface area contributed by atoms with Crippen molar-refractivity contribution in [3.63, 3.8) is 0 Å². The predicted molar refractivity (Wildman–Crippen MR) is 96.8 cm³/mol. The fourth-order valence-corrected chi connectivity index (χ4v) is 2.75. The minimum atomic E-state index is -0.338. The Labute approximate surface area is 151 Å². The van der Waals surface area contributed by atoms with Crippen LogP contribution in [0.3, 0.4) is 0 Å². The summed E-state index contributed by atoms with van der Waals surface area (Å²) < 4.78 is 10.7. The maximum absolute atomic E-state index is 12.6. The van der Waals surface area contributed by atoms with Crippen molar-refractivity contribution in [3.8, 4) is 5.75 Å². The minimum absolute atomic E-state index is 0.0557. The predicted octanol–water partition coefficient (Wildman–Crippen LogP) is 1.11. The number of nitrogens with zero attached hydrogens (tertiary/aromatic N) is 3. The average Bonchev–Trinajstić information content (AvgIpc) is 2.70. The van der Waals surface area contributed by atoms with Crippen LogP contribution in [-0.4, -0.2) is 61.0 Å². The van der Waals surface area contributed by atoms with Crippen molar-refractivity contribution in [2.45, 2.75) is 6.42 Å². The van der Waals surface area contributed by atoms with E-state index in [0.717, 1.165) is 18.7 Å². The molecule has 8 nitrogen and oxygen atoms in total. The molecule has 138 valence electrons. The second kappa shape index (κ2) is 8.59. The summed E-state index contributed by atoms with van der Waals surface area (Å²) in [6, 6.07) is 7.07. The third-order valence-corrected chi connectivity index (χ3v) is 4.13. The van der Waals surface area contributed by atoms with Crippen LogP contribution in [0, 0.1) is 0 Å². The lowest BCUT2D eigenvalue weighted by Crippen LogP contribution is -2.37. The molecule has 1 aromatic heterocycles. The van der Waals surface area contributed by atoms with Gasteiger partial charge in [0.15, 0.2) is 0 Å². The van der Waals surface area contributed by atoms with Crippen molar-refractivity contribution in [1.29, 1.82) is 0 Å². The number of morpholine rings is 1. The summed E-state index contributed by atoms with van der Waals surface area (Å²) in [5, 5.41) is 11.9. The molecule has 0 unspecified atom stereocenters. The number of aliphatic hydroxyl groups excluding tert-OH is 1.